The number of hydrogen-bond donors (Lipinski definition) is 0. The van der Waals surface area contributed by atoms with Crippen LogP contribution in [0.2, 0.25) is 0 Å². The summed E-state index contributed by atoms with van der Waals surface area (Å²) in [5.41, 5.74) is 4.86. The van der Waals surface area contributed by atoms with Gasteiger partial charge in [-0.1, -0.05) is 12.1 Å². The predicted molar refractivity (Wildman–Crippen MR) is 86.2 cm³/mol. The van der Waals surface area contributed by atoms with Crippen molar-refractivity contribution in [1.29, 1.82) is 0 Å². The maximum absolute atomic E-state index is 4.23. The number of aromatic nitrogens is 2. The van der Waals surface area contributed by atoms with Crippen molar-refractivity contribution in [3.05, 3.63) is 59.8 Å². The van der Waals surface area contributed by atoms with Crippen molar-refractivity contribution in [2.45, 2.75) is 0 Å². The van der Waals surface area contributed by atoms with Crippen molar-refractivity contribution in [3.63, 3.8) is 0 Å². The van der Waals surface area contributed by atoms with Crippen LogP contribution in [0.5, 0.6) is 0 Å². The van der Waals surface area contributed by atoms with E-state index in [0.29, 0.717) is 0 Å². The number of thiophene rings is 2. The molecule has 4 aromatic rings. The Morgan fingerprint density at radius 1 is 0.750 bits per heavy atom. The number of hydrogen-bond acceptors (Lipinski definition) is 4. The number of fused-ring (bicyclic) bond motifs is 1. The van der Waals surface area contributed by atoms with E-state index in [0.717, 1.165) is 0 Å². The first-order valence-electron chi connectivity index (χ1n) is 6.23. The molecule has 0 atom stereocenters. The number of nitrogens with zero attached hydrogens (tertiary/aromatic N) is 2. The molecule has 0 aliphatic heterocycles. The van der Waals surface area contributed by atoms with Crippen molar-refractivity contribution < 1.29 is 0 Å². The summed E-state index contributed by atoms with van der Waals surface area (Å²) in [6.45, 7) is 0. The Morgan fingerprint density at radius 3 is 1.75 bits per heavy atom. The molecule has 0 fully saturated rings. The Morgan fingerprint density at radius 2 is 1.30 bits per heavy atom. The quantitative estimate of drug-likeness (QED) is 0.515. The molecule has 96 valence electrons. The van der Waals surface area contributed by atoms with Crippen LogP contribution in [-0.4, -0.2) is 9.97 Å². The summed E-state index contributed by atoms with van der Waals surface area (Å²) in [6.07, 6.45) is 7.46. The molecule has 0 aliphatic carbocycles. The predicted octanol–water partition coefficient (Wildman–Crippen LogP) is 5.09. The van der Waals surface area contributed by atoms with Crippen LogP contribution >= 0.6 is 22.7 Å². The number of rotatable bonds is 2. The van der Waals surface area contributed by atoms with Gasteiger partial charge in [-0.2, -0.15) is 0 Å². The molecule has 20 heavy (non-hydrogen) atoms. The SMILES string of the molecule is c1cncc(-c2csc3scc(-c4cccnc4)c23)c1. The molecule has 0 unspecified atom stereocenters. The molecule has 4 heterocycles. The molecule has 2 nitrogen and oxygen atoms in total. The Labute approximate surface area is 124 Å². The average molecular weight is 294 g/mol. The fourth-order valence-corrected chi connectivity index (χ4v) is 4.47. The van der Waals surface area contributed by atoms with Crippen LogP contribution in [0.3, 0.4) is 0 Å². The van der Waals surface area contributed by atoms with Gasteiger partial charge in [0.05, 0.1) is 4.01 Å². The average Bonchev–Trinajstić information content (AvgIpc) is 3.10. The standard InChI is InChI=1S/C16H10N2S2/c1-3-11(7-17-5-1)13-9-19-16-15(13)14(10-20-16)12-4-2-6-18-8-12/h1-10H. The third-order valence-electron chi connectivity index (χ3n) is 3.26. The third-order valence-corrected chi connectivity index (χ3v) is 5.38. The lowest BCUT2D eigenvalue weighted by atomic mass is 10.0. The Balaban J connectivity index is 1.99. The molecule has 0 amide bonds. The first-order valence-corrected chi connectivity index (χ1v) is 7.99. The summed E-state index contributed by atoms with van der Waals surface area (Å²) in [5.74, 6) is 0. The molecule has 0 saturated carbocycles. The summed E-state index contributed by atoms with van der Waals surface area (Å²) >= 11 is 3.59. The second-order valence-corrected chi connectivity index (χ2v) is 6.46. The van der Waals surface area contributed by atoms with Gasteiger partial charge in [0.15, 0.2) is 0 Å². The minimum atomic E-state index is 1.17. The first kappa shape index (κ1) is 11.8. The fourth-order valence-electron chi connectivity index (χ4n) is 2.32. The van der Waals surface area contributed by atoms with Gasteiger partial charge < -0.3 is 0 Å². The van der Waals surface area contributed by atoms with Crippen LogP contribution in [0.4, 0.5) is 0 Å². The van der Waals surface area contributed by atoms with Crippen LogP contribution in [0.25, 0.3) is 31.7 Å². The second-order valence-electron chi connectivity index (χ2n) is 4.44. The van der Waals surface area contributed by atoms with Gasteiger partial charge >= 0.3 is 0 Å². The Kier molecular flexibility index (Phi) is 2.83. The largest absolute Gasteiger partial charge is 0.264 e. The number of pyridine rings is 2. The van der Waals surface area contributed by atoms with Gasteiger partial charge in [0, 0.05) is 63.2 Å². The van der Waals surface area contributed by atoms with Crippen molar-refractivity contribution in [1.82, 2.24) is 9.97 Å². The van der Waals surface area contributed by atoms with Gasteiger partial charge in [0.25, 0.3) is 0 Å². The molecule has 0 spiro atoms. The highest BCUT2D eigenvalue weighted by Gasteiger charge is 2.14. The van der Waals surface area contributed by atoms with Gasteiger partial charge in [0.1, 0.15) is 0 Å². The van der Waals surface area contributed by atoms with Gasteiger partial charge in [0.2, 0.25) is 0 Å². The normalized spacial score (nSPS) is 11.0. The highest BCUT2D eigenvalue weighted by Crippen LogP contribution is 2.43. The maximum atomic E-state index is 4.23. The molecule has 0 bridgehead atoms. The van der Waals surface area contributed by atoms with E-state index in [4.69, 9.17) is 0 Å². The highest BCUT2D eigenvalue weighted by atomic mass is 32.2. The smallest absolute Gasteiger partial charge is 0.0877 e. The second kappa shape index (κ2) is 4.81. The molecular weight excluding hydrogens is 284 g/mol. The zero-order valence-corrected chi connectivity index (χ0v) is 12.1. The highest BCUT2D eigenvalue weighted by molar-refractivity contribution is 7.37. The minimum absolute atomic E-state index is 1.17. The van der Waals surface area contributed by atoms with Crippen molar-refractivity contribution in [3.8, 4) is 22.3 Å². The summed E-state index contributed by atoms with van der Waals surface area (Å²) in [5, 5.41) is 5.76. The lowest BCUT2D eigenvalue weighted by Crippen LogP contribution is -1.80. The van der Waals surface area contributed by atoms with E-state index in [1.807, 2.05) is 36.9 Å². The Hall–Kier alpha value is -2.04. The van der Waals surface area contributed by atoms with Crippen molar-refractivity contribution in [2.75, 3.05) is 0 Å². The minimum Gasteiger partial charge on any atom is -0.264 e. The molecule has 0 radical (unpaired) electrons. The zero-order chi connectivity index (χ0) is 13.4. The van der Waals surface area contributed by atoms with Gasteiger partial charge in [-0.25, -0.2) is 0 Å². The van der Waals surface area contributed by atoms with Crippen LogP contribution < -0.4 is 0 Å². The van der Waals surface area contributed by atoms with Crippen LogP contribution in [0.15, 0.2) is 59.8 Å². The zero-order valence-electron chi connectivity index (χ0n) is 10.5. The molecular formula is C16H10N2S2. The van der Waals surface area contributed by atoms with Gasteiger partial charge in [-0.05, 0) is 12.1 Å². The van der Waals surface area contributed by atoms with E-state index in [1.54, 1.807) is 22.7 Å². The molecule has 4 aromatic heterocycles. The summed E-state index contributed by atoms with van der Waals surface area (Å²) in [7, 11) is 0. The maximum Gasteiger partial charge on any atom is 0.0877 e. The topological polar surface area (TPSA) is 25.8 Å². The van der Waals surface area contributed by atoms with Crippen molar-refractivity contribution >= 4 is 32.1 Å². The van der Waals surface area contributed by atoms with E-state index in [-0.39, 0.29) is 0 Å². The van der Waals surface area contributed by atoms with E-state index >= 15 is 0 Å². The molecule has 4 heteroatoms. The van der Waals surface area contributed by atoms with Crippen molar-refractivity contribution in [2.24, 2.45) is 0 Å². The Bertz CT molecular complexity index is 779. The van der Waals surface area contributed by atoms with Crippen LogP contribution in [0, 0.1) is 0 Å². The third kappa shape index (κ3) is 1.85. The van der Waals surface area contributed by atoms with Gasteiger partial charge in [-0.15, -0.1) is 22.7 Å². The van der Waals surface area contributed by atoms with Gasteiger partial charge in [-0.3, -0.25) is 9.97 Å². The monoisotopic (exact) mass is 294 g/mol. The van der Waals surface area contributed by atoms with E-state index in [1.165, 1.54) is 31.7 Å². The molecule has 0 N–H and O–H groups in total. The van der Waals surface area contributed by atoms with Crippen LogP contribution in [0.1, 0.15) is 0 Å². The fraction of sp³-hybridized carbons (Fsp3) is 0. The summed E-state index contributed by atoms with van der Waals surface area (Å²) < 4.78 is 1.35. The molecule has 4 rings (SSSR count). The summed E-state index contributed by atoms with van der Waals surface area (Å²) in [4.78, 5) is 8.46. The molecule has 0 saturated heterocycles. The molecule has 0 aliphatic rings. The first-order chi connectivity index (χ1) is 9.93. The lowest BCUT2D eigenvalue weighted by Gasteiger charge is -2.01. The van der Waals surface area contributed by atoms with E-state index in [9.17, 15) is 0 Å². The van der Waals surface area contributed by atoms with E-state index in [2.05, 4.69) is 32.9 Å². The summed E-state index contributed by atoms with van der Waals surface area (Å²) in [6, 6.07) is 8.18. The van der Waals surface area contributed by atoms with Crippen LogP contribution in [-0.2, 0) is 0 Å². The lowest BCUT2D eigenvalue weighted by molar-refractivity contribution is 1.33. The molecule has 0 aromatic carbocycles. The van der Waals surface area contributed by atoms with E-state index < -0.39 is 0 Å².